The van der Waals surface area contributed by atoms with E-state index in [2.05, 4.69) is 33.9 Å². The highest BCUT2D eigenvalue weighted by atomic mass is 16.1. The summed E-state index contributed by atoms with van der Waals surface area (Å²) in [7, 11) is 0. The highest BCUT2D eigenvalue weighted by Crippen LogP contribution is 2.24. The van der Waals surface area contributed by atoms with E-state index in [0.717, 1.165) is 24.8 Å². The summed E-state index contributed by atoms with van der Waals surface area (Å²) in [4.78, 5) is 15.7. The second-order valence-corrected chi connectivity index (χ2v) is 3.77. The van der Waals surface area contributed by atoms with E-state index in [1.54, 1.807) is 0 Å². The summed E-state index contributed by atoms with van der Waals surface area (Å²) in [6.07, 6.45) is 0. The number of hydrogen-bond donors (Lipinski definition) is 2. The fourth-order valence-electron chi connectivity index (χ4n) is 1.69. The number of aromatic amines is 2. The Bertz CT molecular complexity index is 342. The van der Waals surface area contributed by atoms with Crippen molar-refractivity contribution in [2.24, 2.45) is 5.92 Å². The Kier molecular flexibility index (Phi) is 1.95. The van der Waals surface area contributed by atoms with Gasteiger partial charge in [0.25, 0.3) is 0 Å². The second-order valence-electron chi connectivity index (χ2n) is 3.77. The minimum atomic E-state index is -0.226. The van der Waals surface area contributed by atoms with E-state index in [0.29, 0.717) is 6.04 Å². The molecule has 2 atom stereocenters. The maximum Gasteiger partial charge on any atom is 0.340 e. The van der Waals surface area contributed by atoms with E-state index in [9.17, 15) is 4.79 Å². The van der Waals surface area contributed by atoms with Crippen molar-refractivity contribution < 1.29 is 0 Å². The number of likely N-dealkylation sites (tertiary alicyclic amines) is 1. The zero-order valence-electron chi connectivity index (χ0n) is 7.87. The van der Waals surface area contributed by atoms with Gasteiger partial charge in [-0.3, -0.25) is 9.88 Å². The molecule has 2 N–H and O–H groups in total. The van der Waals surface area contributed by atoms with Crippen LogP contribution in [0, 0.1) is 5.92 Å². The summed E-state index contributed by atoms with van der Waals surface area (Å²) < 4.78 is 0. The molecule has 1 aromatic heterocycles. The number of H-pyrrole nitrogens is 2. The molecule has 1 saturated heterocycles. The number of rotatable bonds is 2. The standard InChI is InChI=1S/C8H14N4O/c1-5-3-12(6(5)2)4-7-9-8(13)11-10-7/h5-6H,3-4H2,1-2H3,(H2,9,10,11,13). The minimum absolute atomic E-state index is 0.226. The monoisotopic (exact) mass is 182 g/mol. The van der Waals surface area contributed by atoms with Gasteiger partial charge in [-0.05, 0) is 12.8 Å². The first kappa shape index (κ1) is 8.50. The maximum absolute atomic E-state index is 10.7. The van der Waals surface area contributed by atoms with Gasteiger partial charge in [0, 0.05) is 12.6 Å². The van der Waals surface area contributed by atoms with Crippen LogP contribution in [-0.2, 0) is 6.54 Å². The highest BCUT2D eigenvalue weighted by molar-refractivity contribution is 4.90. The molecule has 0 radical (unpaired) electrons. The number of aromatic nitrogens is 3. The molecule has 2 heterocycles. The van der Waals surface area contributed by atoms with Crippen molar-refractivity contribution in [2.45, 2.75) is 26.4 Å². The SMILES string of the molecule is CC1CN(Cc2n[nH]c(=O)[nH]2)C1C. The molecule has 72 valence electrons. The predicted octanol–water partition coefficient (Wildman–Crippen LogP) is -0.0618. The first-order chi connectivity index (χ1) is 6.16. The van der Waals surface area contributed by atoms with Gasteiger partial charge in [-0.25, -0.2) is 9.89 Å². The van der Waals surface area contributed by atoms with Gasteiger partial charge in [0.05, 0.1) is 6.54 Å². The first-order valence-electron chi connectivity index (χ1n) is 4.54. The number of nitrogens with zero attached hydrogens (tertiary/aromatic N) is 2. The molecule has 1 aliphatic rings. The average molecular weight is 182 g/mol. The van der Waals surface area contributed by atoms with Gasteiger partial charge in [-0.2, -0.15) is 5.10 Å². The molecule has 1 fully saturated rings. The molecule has 0 aromatic carbocycles. The van der Waals surface area contributed by atoms with E-state index >= 15 is 0 Å². The Labute approximate surface area is 76.2 Å². The van der Waals surface area contributed by atoms with Gasteiger partial charge >= 0.3 is 5.69 Å². The van der Waals surface area contributed by atoms with Crippen LogP contribution in [0.15, 0.2) is 4.79 Å². The van der Waals surface area contributed by atoms with Gasteiger partial charge in [0.1, 0.15) is 5.82 Å². The quantitative estimate of drug-likeness (QED) is 0.673. The Hall–Kier alpha value is -1.10. The molecule has 2 rings (SSSR count). The van der Waals surface area contributed by atoms with E-state index < -0.39 is 0 Å². The molecular weight excluding hydrogens is 168 g/mol. The van der Waals surface area contributed by atoms with E-state index in [1.165, 1.54) is 0 Å². The molecule has 2 unspecified atom stereocenters. The van der Waals surface area contributed by atoms with Gasteiger partial charge < -0.3 is 0 Å². The second kappa shape index (κ2) is 2.99. The molecule has 0 bridgehead atoms. The van der Waals surface area contributed by atoms with E-state index in [1.807, 2.05) is 0 Å². The van der Waals surface area contributed by atoms with Gasteiger partial charge in [-0.15, -0.1) is 0 Å². The van der Waals surface area contributed by atoms with Crippen LogP contribution in [0.2, 0.25) is 0 Å². The van der Waals surface area contributed by atoms with Crippen LogP contribution in [0.25, 0.3) is 0 Å². The molecule has 13 heavy (non-hydrogen) atoms. The lowest BCUT2D eigenvalue weighted by Gasteiger charge is -2.44. The van der Waals surface area contributed by atoms with Crippen LogP contribution in [0.3, 0.4) is 0 Å². The zero-order chi connectivity index (χ0) is 9.42. The largest absolute Gasteiger partial charge is 0.340 e. The van der Waals surface area contributed by atoms with Crippen LogP contribution in [0.4, 0.5) is 0 Å². The van der Waals surface area contributed by atoms with E-state index in [-0.39, 0.29) is 5.69 Å². The Morgan fingerprint density at radius 2 is 2.38 bits per heavy atom. The fourth-order valence-corrected chi connectivity index (χ4v) is 1.69. The average Bonchev–Trinajstić information content (AvgIpc) is 2.50. The van der Waals surface area contributed by atoms with Crippen molar-refractivity contribution in [1.82, 2.24) is 20.1 Å². The topological polar surface area (TPSA) is 64.8 Å². The molecule has 0 spiro atoms. The lowest BCUT2D eigenvalue weighted by atomic mass is 9.92. The molecule has 0 aliphatic carbocycles. The maximum atomic E-state index is 10.7. The first-order valence-corrected chi connectivity index (χ1v) is 4.54. The van der Waals surface area contributed by atoms with Crippen molar-refractivity contribution in [3.8, 4) is 0 Å². The molecule has 5 heteroatoms. The summed E-state index contributed by atoms with van der Waals surface area (Å²) in [5, 5.41) is 6.22. The Morgan fingerprint density at radius 1 is 1.62 bits per heavy atom. The summed E-state index contributed by atoms with van der Waals surface area (Å²) in [5.74, 6) is 1.48. The summed E-state index contributed by atoms with van der Waals surface area (Å²) in [5.41, 5.74) is -0.226. The van der Waals surface area contributed by atoms with Crippen molar-refractivity contribution in [3.05, 3.63) is 16.3 Å². The van der Waals surface area contributed by atoms with E-state index in [4.69, 9.17) is 0 Å². The zero-order valence-corrected chi connectivity index (χ0v) is 7.87. The normalized spacial score (nSPS) is 28.8. The number of nitrogens with one attached hydrogen (secondary N) is 2. The minimum Gasteiger partial charge on any atom is -0.293 e. The van der Waals surface area contributed by atoms with Gasteiger partial charge in [0.15, 0.2) is 0 Å². The molecule has 0 saturated carbocycles. The van der Waals surface area contributed by atoms with Gasteiger partial charge in [0.2, 0.25) is 0 Å². The third-order valence-corrected chi connectivity index (χ3v) is 2.83. The van der Waals surface area contributed by atoms with Crippen molar-refractivity contribution in [2.75, 3.05) is 6.54 Å². The summed E-state index contributed by atoms with van der Waals surface area (Å²) in [6, 6.07) is 0.597. The van der Waals surface area contributed by atoms with Crippen molar-refractivity contribution in [3.63, 3.8) is 0 Å². The molecule has 1 aliphatic heterocycles. The molecule has 0 amide bonds. The van der Waals surface area contributed by atoms with Crippen LogP contribution in [0.5, 0.6) is 0 Å². The smallest absolute Gasteiger partial charge is 0.293 e. The predicted molar refractivity (Wildman–Crippen MR) is 48.2 cm³/mol. The van der Waals surface area contributed by atoms with Crippen molar-refractivity contribution in [1.29, 1.82) is 0 Å². The van der Waals surface area contributed by atoms with Crippen LogP contribution < -0.4 is 5.69 Å². The highest BCUT2D eigenvalue weighted by Gasteiger charge is 2.31. The van der Waals surface area contributed by atoms with Crippen LogP contribution in [-0.4, -0.2) is 32.7 Å². The van der Waals surface area contributed by atoms with Crippen LogP contribution in [0.1, 0.15) is 19.7 Å². The lowest BCUT2D eigenvalue weighted by Crippen LogP contribution is -2.52. The summed E-state index contributed by atoms with van der Waals surface area (Å²) in [6.45, 7) is 6.26. The Balaban J connectivity index is 1.96. The summed E-state index contributed by atoms with van der Waals surface area (Å²) >= 11 is 0. The third kappa shape index (κ3) is 1.51. The third-order valence-electron chi connectivity index (χ3n) is 2.83. The number of hydrogen-bond acceptors (Lipinski definition) is 3. The van der Waals surface area contributed by atoms with Gasteiger partial charge in [-0.1, -0.05) is 6.92 Å². The van der Waals surface area contributed by atoms with Crippen LogP contribution >= 0.6 is 0 Å². The lowest BCUT2D eigenvalue weighted by molar-refractivity contribution is 0.0283. The van der Waals surface area contributed by atoms with Crippen molar-refractivity contribution >= 4 is 0 Å². The molecular formula is C8H14N4O. The fraction of sp³-hybridized carbons (Fsp3) is 0.750. The molecule has 1 aromatic rings. The Morgan fingerprint density at radius 3 is 2.85 bits per heavy atom. The molecule has 5 nitrogen and oxygen atoms in total.